The summed E-state index contributed by atoms with van der Waals surface area (Å²) < 4.78 is 5.22. The van der Waals surface area contributed by atoms with Crippen molar-refractivity contribution >= 4 is 5.57 Å². The number of rotatable bonds is 2. The van der Waals surface area contributed by atoms with Crippen LogP contribution in [0.2, 0.25) is 0 Å². The molecule has 1 fully saturated rings. The average Bonchev–Trinajstić information content (AvgIpc) is 2.30. The maximum atomic E-state index is 5.22. The van der Waals surface area contributed by atoms with Gasteiger partial charge in [0.25, 0.3) is 0 Å². The van der Waals surface area contributed by atoms with Gasteiger partial charge in [-0.15, -0.1) is 0 Å². The zero-order valence-corrected chi connectivity index (χ0v) is 9.44. The molecule has 1 saturated heterocycles. The number of aromatic nitrogens is 1. The Morgan fingerprint density at radius 3 is 3.12 bits per heavy atom. The first kappa shape index (κ1) is 9.85. The molecule has 3 heteroatoms. The van der Waals surface area contributed by atoms with E-state index in [4.69, 9.17) is 4.74 Å². The third kappa shape index (κ3) is 1.52. The van der Waals surface area contributed by atoms with Gasteiger partial charge in [-0.3, -0.25) is 4.98 Å². The molecule has 3 nitrogen and oxygen atoms in total. The predicted octanol–water partition coefficient (Wildman–Crippen LogP) is 1.86. The van der Waals surface area contributed by atoms with Gasteiger partial charge in [-0.1, -0.05) is 6.08 Å². The number of fused-ring (bicyclic) bond motifs is 1. The number of nitrogens with one attached hydrogen (secondary N) is 1. The van der Waals surface area contributed by atoms with Gasteiger partial charge in [0, 0.05) is 24.3 Å². The molecule has 0 aromatic carbocycles. The standard InChI is InChI=1S/C13H16N2O/c1-16-11-5-10(6-14-8-11)12-4-2-3-9-7-15-13(9)12/h4-6,8-9,13,15H,2-3,7H2,1H3. The second-order valence-electron chi connectivity index (χ2n) is 4.50. The summed E-state index contributed by atoms with van der Waals surface area (Å²) in [5.74, 6) is 1.66. The Morgan fingerprint density at radius 2 is 2.38 bits per heavy atom. The van der Waals surface area contributed by atoms with Gasteiger partial charge >= 0.3 is 0 Å². The molecule has 0 spiro atoms. The third-order valence-electron chi connectivity index (χ3n) is 3.59. The predicted molar refractivity (Wildman–Crippen MR) is 63.3 cm³/mol. The highest BCUT2D eigenvalue weighted by Gasteiger charge is 2.35. The first-order chi connectivity index (χ1) is 7.88. The minimum atomic E-state index is 0.544. The monoisotopic (exact) mass is 216 g/mol. The molecule has 0 amide bonds. The molecule has 1 N–H and O–H groups in total. The SMILES string of the molecule is COc1cncc(C2=CCCC3CNC23)c1. The zero-order chi connectivity index (χ0) is 11.0. The van der Waals surface area contributed by atoms with E-state index in [1.165, 1.54) is 30.5 Å². The Labute approximate surface area is 95.5 Å². The largest absolute Gasteiger partial charge is 0.495 e. The van der Waals surface area contributed by atoms with Crippen LogP contribution in [0.4, 0.5) is 0 Å². The van der Waals surface area contributed by atoms with E-state index >= 15 is 0 Å². The van der Waals surface area contributed by atoms with E-state index in [2.05, 4.69) is 22.4 Å². The summed E-state index contributed by atoms with van der Waals surface area (Å²) in [6, 6.07) is 2.61. The van der Waals surface area contributed by atoms with Crippen molar-refractivity contribution in [2.75, 3.05) is 13.7 Å². The molecule has 1 aliphatic heterocycles. The fourth-order valence-electron chi connectivity index (χ4n) is 2.60. The third-order valence-corrected chi connectivity index (χ3v) is 3.59. The van der Waals surface area contributed by atoms with E-state index in [1.807, 2.05) is 6.20 Å². The van der Waals surface area contributed by atoms with Crippen molar-refractivity contribution in [2.24, 2.45) is 5.92 Å². The summed E-state index contributed by atoms with van der Waals surface area (Å²) >= 11 is 0. The summed E-state index contributed by atoms with van der Waals surface area (Å²) in [7, 11) is 1.68. The van der Waals surface area contributed by atoms with E-state index in [-0.39, 0.29) is 0 Å². The summed E-state index contributed by atoms with van der Waals surface area (Å²) in [6.45, 7) is 1.17. The van der Waals surface area contributed by atoms with Gasteiger partial charge in [0.05, 0.1) is 13.3 Å². The highest BCUT2D eigenvalue weighted by Crippen LogP contribution is 2.36. The van der Waals surface area contributed by atoms with Gasteiger partial charge in [-0.2, -0.15) is 0 Å². The number of hydrogen-bond acceptors (Lipinski definition) is 3. The molecule has 2 atom stereocenters. The van der Waals surface area contributed by atoms with Gasteiger partial charge in [0.1, 0.15) is 5.75 Å². The van der Waals surface area contributed by atoms with Crippen LogP contribution in [-0.2, 0) is 0 Å². The van der Waals surface area contributed by atoms with Crippen LogP contribution >= 0.6 is 0 Å². The van der Waals surface area contributed by atoms with E-state index in [0.29, 0.717) is 6.04 Å². The molecule has 2 aliphatic rings. The van der Waals surface area contributed by atoms with Crippen molar-refractivity contribution < 1.29 is 4.74 Å². The highest BCUT2D eigenvalue weighted by atomic mass is 16.5. The maximum Gasteiger partial charge on any atom is 0.137 e. The fraction of sp³-hybridized carbons (Fsp3) is 0.462. The fourth-order valence-corrected chi connectivity index (χ4v) is 2.60. The van der Waals surface area contributed by atoms with Crippen LogP contribution < -0.4 is 10.1 Å². The van der Waals surface area contributed by atoms with Crippen LogP contribution in [0.15, 0.2) is 24.5 Å². The molecule has 84 valence electrons. The normalized spacial score (nSPS) is 27.7. The van der Waals surface area contributed by atoms with Crippen LogP contribution in [0, 0.1) is 5.92 Å². The van der Waals surface area contributed by atoms with E-state index in [1.54, 1.807) is 13.3 Å². The quantitative estimate of drug-likeness (QED) is 0.819. The van der Waals surface area contributed by atoms with Gasteiger partial charge in [0.2, 0.25) is 0 Å². The summed E-state index contributed by atoms with van der Waals surface area (Å²) in [4.78, 5) is 4.22. The molecule has 1 aromatic rings. The Kier molecular flexibility index (Phi) is 2.40. The molecule has 2 heterocycles. The molecule has 2 unspecified atom stereocenters. The van der Waals surface area contributed by atoms with Gasteiger partial charge in [-0.25, -0.2) is 0 Å². The van der Waals surface area contributed by atoms with E-state index in [0.717, 1.165) is 11.7 Å². The molecule has 0 bridgehead atoms. The Balaban J connectivity index is 1.93. The van der Waals surface area contributed by atoms with Crippen molar-refractivity contribution in [1.29, 1.82) is 0 Å². The lowest BCUT2D eigenvalue weighted by atomic mass is 9.76. The maximum absolute atomic E-state index is 5.22. The first-order valence-electron chi connectivity index (χ1n) is 5.81. The van der Waals surface area contributed by atoms with Crippen molar-refractivity contribution in [3.63, 3.8) is 0 Å². The average molecular weight is 216 g/mol. The minimum Gasteiger partial charge on any atom is -0.495 e. The number of allylic oxidation sites excluding steroid dienone is 1. The van der Waals surface area contributed by atoms with Gasteiger partial charge < -0.3 is 10.1 Å². The van der Waals surface area contributed by atoms with Crippen LogP contribution in [0.3, 0.4) is 0 Å². The van der Waals surface area contributed by atoms with Crippen LogP contribution in [0.25, 0.3) is 5.57 Å². The topological polar surface area (TPSA) is 34.1 Å². The van der Waals surface area contributed by atoms with Crippen molar-refractivity contribution in [2.45, 2.75) is 18.9 Å². The molecule has 1 aliphatic carbocycles. The molecule has 3 rings (SSSR count). The lowest BCUT2D eigenvalue weighted by Crippen LogP contribution is -2.54. The molecular formula is C13H16N2O. The second kappa shape index (κ2) is 3.91. The first-order valence-corrected chi connectivity index (χ1v) is 5.81. The van der Waals surface area contributed by atoms with Crippen LogP contribution in [0.5, 0.6) is 5.75 Å². The summed E-state index contributed by atoms with van der Waals surface area (Å²) in [6.07, 6.45) is 8.52. The molecule has 0 radical (unpaired) electrons. The minimum absolute atomic E-state index is 0.544. The Bertz CT molecular complexity index is 428. The van der Waals surface area contributed by atoms with Gasteiger partial charge in [-0.05, 0) is 30.4 Å². The number of hydrogen-bond donors (Lipinski definition) is 1. The zero-order valence-electron chi connectivity index (χ0n) is 9.44. The number of ether oxygens (including phenoxy) is 1. The van der Waals surface area contributed by atoms with Gasteiger partial charge in [0.15, 0.2) is 0 Å². The van der Waals surface area contributed by atoms with Crippen LogP contribution in [-0.4, -0.2) is 24.7 Å². The lowest BCUT2D eigenvalue weighted by Gasteiger charge is -2.42. The number of methoxy groups -OCH3 is 1. The second-order valence-corrected chi connectivity index (χ2v) is 4.50. The Hall–Kier alpha value is -1.35. The smallest absolute Gasteiger partial charge is 0.137 e. The van der Waals surface area contributed by atoms with Crippen LogP contribution in [0.1, 0.15) is 18.4 Å². The summed E-state index contributed by atoms with van der Waals surface area (Å²) in [5.41, 5.74) is 2.59. The highest BCUT2D eigenvalue weighted by molar-refractivity contribution is 5.72. The lowest BCUT2D eigenvalue weighted by molar-refractivity contribution is 0.262. The van der Waals surface area contributed by atoms with Crippen molar-refractivity contribution in [1.82, 2.24) is 10.3 Å². The Morgan fingerprint density at radius 1 is 1.44 bits per heavy atom. The van der Waals surface area contributed by atoms with E-state index < -0.39 is 0 Å². The number of nitrogens with zero attached hydrogens (tertiary/aromatic N) is 1. The number of pyridine rings is 1. The molecular weight excluding hydrogens is 200 g/mol. The molecule has 16 heavy (non-hydrogen) atoms. The summed E-state index contributed by atoms with van der Waals surface area (Å²) in [5, 5.41) is 3.50. The van der Waals surface area contributed by atoms with Crippen molar-refractivity contribution in [3.8, 4) is 5.75 Å². The molecule has 0 saturated carbocycles. The van der Waals surface area contributed by atoms with E-state index in [9.17, 15) is 0 Å². The van der Waals surface area contributed by atoms with Crippen molar-refractivity contribution in [3.05, 3.63) is 30.1 Å². The molecule has 1 aromatic heterocycles.